The third-order valence-corrected chi connectivity index (χ3v) is 3.94. The van der Waals surface area contributed by atoms with Crippen molar-refractivity contribution in [1.82, 2.24) is 5.32 Å². The van der Waals surface area contributed by atoms with Gasteiger partial charge in [-0.05, 0) is 44.5 Å². The summed E-state index contributed by atoms with van der Waals surface area (Å²) in [7, 11) is 0. The van der Waals surface area contributed by atoms with E-state index < -0.39 is 0 Å². The van der Waals surface area contributed by atoms with Crippen molar-refractivity contribution in [3.8, 4) is 0 Å². The van der Waals surface area contributed by atoms with Crippen LogP contribution in [-0.4, -0.2) is 23.0 Å². The van der Waals surface area contributed by atoms with Crippen LogP contribution >= 0.6 is 27.7 Å². The zero-order chi connectivity index (χ0) is 8.10. The van der Waals surface area contributed by atoms with Crippen LogP contribution in [0.1, 0.15) is 19.8 Å². The standard InChI is InChI=1S/C8H16BrNS/c1-7(9)11-6-8-2-4-10-5-3-8/h7-8,10H,2-6H2,1H3. The van der Waals surface area contributed by atoms with E-state index in [1.54, 1.807) is 0 Å². The van der Waals surface area contributed by atoms with E-state index in [1.807, 2.05) is 11.8 Å². The number of hydrogen-bond donors (Lipinski definition) is 1. The molecule has 1 aliphatic rings. The summed E-state index contributed by atoms with van der Waals surface area (Å²) in [5, 5.41) is 3.38. The Morgan fingerprint density at radius 1 is 1.55 bits per heavy atom. The van der Waals surface area contributed by atoms with Crippen molar-refractivity contribution >= 4 is 27.7 Å². The van der Waals surface area contributed by atoms with E-state index >= 15 is 0 Å². The molecule has 1 rings (SSSR count). The molecule has 1 aliphatic heterocycles. The maximum Gasteiger partial charge on any atom is 0.0572 e. The Morgan fingerprint density at radius 3 is 2.73 bits per heavy atom. The third-order valence-electron chi connectivity index (χ3n) is 2.02. The third kappa shape index (κ3) is 4.38. The fraction of sp³-hybridized carbons (Fsp3) is 1.00. The summed E-state index contributed by atoms with van der Waals surface area (Å²) >= 11 is 5.58. The molecule has 1 fully saturated rings. The van der Waals surface area contributed by atoms with Gasteiger partial charge in [0.05, 0.1) is 4.16 Å². The first-order valence-electron chi connectivity index (χ1n) is 4.25. The van der Waals surface area contributed by atoms with Gasteiger partial charge in [-0.2, -0.15) is 0 Å². The molecule has 1 unspecified atom stereocenters. The van der Waals surface area contributed by atoms with Crippen LogP contribution < -0.4 is 5.32 Å². The summed E-state index contributed by atoms with van der Waals surface area (Å²) in [6.45, 7) is 4.65. The Hall–Kier alpha value is 0.790. The lowest BCUT2D eigenvalue weighted by atomic mass is 10.0. The minimum absolute atomic E-state index is 0.623. The molecule has 1 heterocycles. The minimum Gasteiger partial charge on any atom is -0.317 e. The average molecular weight is 238 g/mol. The number of thioether (sulfide) groups is 1. The highest BCUT2D eigenvalue weighted by Gasteiger charge is 2.13. The first-order chi connectivity index (χ1) is 5.29. The second-order valence-electron chi connectivity index (χ2n) is 3.07. The molecule has 0 aromatic heterocycles. The molecule has 11 heavy (non-hydrogen) atoms. The van der Waals surface area contributed by atoms with Crippen molar-refractivity contribution in [3.05, 3.63) is 0 Å². The molecule has 1 atom stereocenters. The number of hydrogen-bond acceptors (Lipinski definition) is 2. The maximum atomic E-state index is 3.55. The molecular weight excluding hydrogens is 222 g/mol. The Balaban J connectivity index is 2.05. The van der Waals surface area contributed by atoms with E-state index in [2.05, 4.69) is 28.2 Å². The topological polar surface area (TPSA) is 12.0 Å². The van der Waals surface area contributed by atoms with Gasteiger partial charge >= 0.3 is 0 Å². The molecule has 3 heteroatoms. The van der Waals surface area contributed by atoms with Crippen molar-refractivity contribution < 1.29 is 0 Å². The summed E-state index contributed by atoms with van der Waals surface area (Å²) in [6, 6.07) is 0. The highest BCUT2D eigenvalue weighted by Crippen LogP contribution is 2.23. The molecule has 0 bridgehead atoms. The number of nitrogens with one attached hydrogen (secondary N) is 1. The minimum atomic E-state index is 0.623. The van der Waals surface area contributed by atoms with Crippen molar-refractivity contribution in [3.63, 3.8) is 0 Å². The van der Waals surface area contributed by atoms with Crippen molar-refractivity contribution in [2.75, 3.05) is 18.8 Å². The van der Waals surface area contributed by atoms with Gasteiger partial charge in [-0.1, -0.05) is 15.9 Å². The second-order valence-corrected chi connectivity index (χ2v) is 6.42. The van der Waals surface area contributed by atoms with Crippen LogP contribution in [0.15, 0.2) is 0 Å². The highest BCUT2D eigenvalue weighted by molar-refractivity contribution is 9.11. The smallest absolute Gasteiger partial charge is 0.0572 e. The lowest BCUT2D eigenvalue weighted by Gasteiger charge is -2.22. The predicted octanol–water partition coefficient (Wildman–Crippen LogP) is 2.46. The van der Waals surface area contributed by atoms with Crippen LogP contribution in [0.4, 0.5) is 0 Å². The van der Waals surface area contributed by atoms with E-state index in [0.717, 1.165) is 5.92 Å². The van der Waals surface area contributed by atoms with Gasteiger partial charge in [0.25, 0.3) is 0 Å². The van der Waals surface area contributed by atoms with E-state index in [-0.39, 0.29) is 0 Å². The van der Waals surface area contributed by atoms with E-state index in [0.29, 0.717) is 4.16 Å². The van der Waals surface area contributed by atoms with Crippen LogP contribution in [0, 0.1) is 5.92 Å². The first kappa shape index (κ1) is 9.87. The highest BCUT2D eigenvalue weighted by atomic mass is 79.9. The predicted molar refractivity (Wildman–Crippen MR) is 56.4 cm³/mol. The van der Waals surface area contributed by atoms with Crippen molar-refractivity contribution in [2.24, 2.45) is 5.92 Å². The molecular formula is C8H16BrNS. The lowest BCUT2D eigenvalue weighted by molar-refractivity contribution is 0.408. The van der Waals surface area contributed by atoms with Gasteiger partial charge in [-0.15, -0.1) is 11.8 Å². The van der Waals surface area contributed by atoms with Crippen LogP contribution in [0.3, 0.4) is 0 Å². The van der Waals surface area contributed by atoms with Gasteiger partial charge in [0.15, 0.2) is 0 Å². The molecule has 1 saturated heterocycles. The fourth-order valence-electron chi connectivity index (χ4n) is 1.32. The van der Waals surface area contributed by atoms with Gasteiger partial charge in [-0.3, -0.25) is 0 Å². The molecule has 0 amide bonds. The number of rotatable bonds is 3. The summed E-state index contributed by atoms with van der Waals surface area (Å²) in [6.07, 6.45) is 2.74. The average Bonchev–Trinajstić information content (AvgIpc) is 2.03. The van der Waals surface area contributed by atoms with Gasteiger partial charge in [0.2, 0.25) is 0 Å². The normalized spacial score (nSPS) is 23.5. The van der Waals surface area contributed by atoms with Crippen molar-refractivity contribution in [2.45, 2.75) is 23.9 Å². The van der Waals surface area contributed by atoms with Gasteiger partial charge in [0, 0.05) is 0 Å². The summed E-state index contributed by atoms with van der Waals surface area (Å²) < 4.78 is 0.623. The maximum absolute atomic E-state index is 3.55. The SMILES string of the molecule is CC(Br)SCC1CCNCC1. The molecule has 0 saturated carbocycles. The molecule has 0 radical (unpaired) electrons. The monoisotopic (exact) mass is 237 g/mol. The molecule has 0 aromatic rings. The Labute approximate surface area is 81.8 Å². The summed E-state index contributed by atoms with van der Waals surface area (Å²) in [4.78, 5) is 0. The van der Waals surface area contributed by atoms with E-state index in [9.17, 15) is 0 Å². The molecule has 1 nitrogen and oxygen atoms in total. The zero-order valence-corrected chi connectivity index (χ0v) is 9.38. The molecule has 0 aliphatic carbocycles. The molecule has 1 N–H and O–H groups in total. The van der Waals surface area contributed by atoms with Gasteiger partial charge in [-0.25, -0.2) is 0 Å². The Morgan fingerprint density at radius 2 is 2.18 bits per heavy atom. The molecule has 66 valence electrons. The first-order valence-corrected chi connectivity index (χ1v) is 6.22. The van der Waals surface area contributed by atoms with E-state index in [1.165, 1.54) is 31.7 Å². The fourth-order valence-corrected chi connectivity index (χ4v) is 2.65. The van der Waals surface area contributed by atoms with Gasteiger partial charge in [0.1, 0.15) is 0 Å². The van der Waals surface area contributed by atoms with Crippen LogP contribution in [0.25, 0.3) is 0 Å². The quantitative estimate of drug-likeness (QED) is 0.758. The number of halogens is 1. The summed E-state index contributed by atoms with van der Waals surface area (Å²) in [5.74, 6) is 2.29. The van der Waals surface area contributed by atoms with Crippen molar-refractivity contribution in [1.29, 1.82) is 0 Å². The number of alkyl halides is 1. The summed E-state index contributed by atoms with van der Waals surface area (Å²) in [5.41, 5.74) is 0. The van der Waals surface area contributed by atoms with E-state index in [4.69, 9.17) is 0 Å². The van der Waals surface area contributed by atoms with Crippen LogP contribution in [0.5, 0.6) is 0 Å². The number of piperidine rings is 1. The Kier molecular flexibility index (Phi) is 4.88. The lowest BCUT2D eigenvalue weighted by Crippen LogP contribution is -2.28. The molecule has 0 spiro atoms. The molecule has 0 aromatic carbocycles. The zero-order valence-electron chi connectivity index (χ0n) is 6.98. The Bertz CT molecular complexity index is 102. The van der Waals surface area contributed by atoms with Gasteiger partial charge < -0.3 is 5.32 Å². The largest absolute Gasteiger partial charge is 0.317 e. The second kappa shape index (κ2) is 5.44. The van der Waals surface area contributed by atoms with Crippen LogP contribution in [-0.2, 0) is 0 Å². The van der Waals surface area contributed by atoms with Crippen LogP contribution in [0.2, 0.25) is 0 Å².